The van der Waals surface area contributed by atoms with Gasteiger partial charge in [0.2, 0.25) is 0 Å². The lowest BCUT2D eigenvalue weighted by molar-refractivity contribution is 0.0697. The van der Waals surface area contributed by atoms with Gasteiger partial charge in [0.1, 0.15) is 5.15 Å². The van der Waals surface area contributed by atoms with Crippen LogP contribution in [0.25, 0.3) is 0 Å². The van der Waals surface area contributed by atoms with Crippen molar-refractivity contribution in [2.75, 3.05) is 20.6 Å². The molecule has 36 heavy (non-hydrogen) atoms. The zero-order chi connectivity index (χ0) is 25.7. The molecule has 4 rings (SSSR count). The first-order chi connectivity index (χ1) is 17.4. The van der Waals surface area contributed by atoms with Crippen LogP contribution < -0.4 is 0 Å². The van der Waals surface area contributed by atoms with E-state index in [1.54, 1.807) is 0 Å². The molecule has 4 nitrogen and oxygen atoms in total. The topological polar surface area (TPSA) is 41.4 Å². The summed E-state index contributed by atoms with van der Waals surface area (Å²) in [6.07, 6.45) is 19.9. The maximum atomic E-state index is 6.75. The average molecular weight is 513 g/mol. The molecule has 1 aromatic rings. The Hall–Kier alpha value is -1.26. The van der Waals surface area contributed by atoms with Crippen LogP contribution in [0.2, 0.25) is 5.15 Å². The van der Waals surface area contributed by atoms with Crippen LogP contribution in [0.3, 0.4) is 0 Å². The van der Waals surface area contributed by atoms with Crippen molar-refractivity contribution in [3.05, 3.63) is 34.9 Å². The van der Waals surface area contributed by atoms with Crippen LogP contribution in [-0.2, 0) is 12.8 Å². The third kappa shape index (κ3) is 5.75. The molecule has 1 spiro atoms. The van der Waals surface area contributed by atoms with E-state index in [-0.39, 0.29) is 0 Å². The fraction of sp³-hybridized carbons (Fsp3) is 0.774. The highest BCUT2D eigenvalue weighted by Crippen LogP contribution is 2.57. The van der Waals surface area contributed by atoms with E-state index in [9.17, 15) is 0 Å². The van der Waals surface area contributed by atoms with Gasteiger partial charge in [0.25, 0.3) is 0 Å². The minimum absolute atomic E-state index is 0.329. The smallest absolute Gasteiger partial charge is 0.175 e. The van der Waals surface area contributed by atoms with Crippen molar-refractivity contribution in [3.8, 4) is 0 Å². The fourth-order valence-corrected chi connectivity index (χ4v) is 8.33. The Morgan fingerprint density at radius 2 is 1.97 bits per heavy atom. The Morgan fingerprint density at radius 3 is 2.67 bits per heavy atom. The van der Waals surface area contributed by atoms with E-state index in [2.05, 4.69) is 38.5 Å². The highest BCUT2D eigenvalue weighted by atomic mass is 35.5. The molecule has 2 aliphatic carbocycles. The van der Waals surface area contributed by atoms with E-state index < -0.39 is 0 Å². The van der Waals surface area contributed by atoms with E-state index in [1.165, 1.54) is 70.8 Å². The van der Waals surface area contributed by atoms with Gasteiger partial charge in [0, 0.05) is 30.3 Å². The summed E-state index contributed by atoms with van der Waals surface area (Å²) >= 11 is 6.75. The molecule has 5 atom stereocenters. The molecule has 1 aliphatic heterocycles. The predicted octanol–water partition coefficient (Wildman–Crippen LogP) is 7.72. The van der Waals surface area contributed by atoms with Gasteiger partial charge in [-0.1, -0.05) is 50.8 Å². The van der Waals surface area contributed by atoms with E-state index in [0.717, 1.165) is 54.4 Å². The van der Waals surface area contributed by atoms with Gasteiger partial charge in [-0.05, 0) is 101 Å². The van der Waals surface area contributed by atoms with Gasteiger partial charge < -0.3 is 4.90 Å². The SMILES string of the molecule is C=C[C@H]1CCCCC12CCCC2CCC(C)/C(=N\C)c1nc(Cl)c(CC)c(CC[C@@H]2CCCN2C)n1. The molecule has 1 aromatic heterocycles. The molecule has 0 bridgehead atoms. The Morgan fingerprint density at radius 1 is 1.17 bits per heavy atom. The largest absolute Gasteiger partial charge is 0.303 e. The Kier molecular flexibility index (Phi) is 9.66. The maximum Gasteiger partial charge on any atom is 0.175 e. The number of rotatable bonds is 10. The van der Waals surface area contributed by atoms with Crippen molar-refractivity contribution in [1.29, 1.82) is 0 Å². The Balaban J connectivity index is 1.46. The highest BCUT2D eigenvalue weighted by Gasteiger charge is 2.47. The second-order valence-corrected chi connectivity index (χ2v) is 12.3. The first kappa shape index (κ1) is 27.8. The zero-order valence-electron chi connectivity index (χ0n) is 23.4. The molecular formula is C31H49ClN4. The van der Waals surface area contributed by atoms with Crippen LogP contribution in [0.1, 0.15) is 108 Å². The molecule has 5 heteroatoms. The van der Waals surface area contributed by atoms with Crippen molar-refractivity contribution in [2.24, 2.45) is 28.2 Å². The van der Waals surface area contributed by atoms with Crippen molar-refractivity contribution < 1.29 is 0 Å². The van der Waals surface area contributed by atoms with Crippen LogP contribution in [-0.4, -0.2) is 47.3 Å². The standard InChI is InChI=1S/C31H49ClN4/c1-6-23-12-8-9-19-31(23)20-10-13-24(31)16-15-22(3)28(33-4)30-34-27(26(7-2)29(32)35-30)18-17-25-14-11-21-36(25)5/h6,22-25H,1,7-21H2,2-5H3/b33-28+/t22?,23-,24?,25-,31?/m0/s1. The number of likely N-dealkylation sites (tertiary alicyclic amines) is 1. The van der Waals surface area contributed by atoms with Crippen molar-refractivity contribution >= 4 is 17.3 Å². The normalized spacial score (nSPS) is 30.2. The number of nitrogens with zero attached hydrogens (tertiary/aromatic N) is 4. The van der Waals surface area contributed by atoms with E-state index >= 15 is 0 Å². The van der Waals surface area contributed by atoms with Crippen LogP contribution in [0.5, 0.6) is 0 Å². The van der Waals surface area contributed by atoms with Crippen molar-refractivity contribution in [1.82, 2.24) is 14.9 Å². The van der Waals surface area contributed by atoms with Gasteiger partial charge in [-0.15, -0.1) is 6.58 Å². The molecule has 2 saturated carbocycles. The zero-order valence-corrected chi connectivity index (χ0v) is 24.1. The minimum atomic E-state index is 0.329. The minimum Gasteiger partial charge on any atom is -0.303 e. The first-order valence-electron chi connectivity index (χ1n) is 14.8. The molecular weight excluding hydrogens is 464 g/mol. The lowest BCUT2D eigenvalue weighted by Gasteiger charge is -2.45. The molecule has 3 fully saturated rings. The molecule has 2 heterocycles. The Labute approximate surface area is 225 Å². The van der Waals surface area contributed by atoms with Gasteiger partial charge in [-0.2, -0.15) is 0 Å². The molecule has 3 aliphatic rings. The number of aromatic nitrogens is 2. The summed E-state index contributed by atoms with van der Waals surface area (Å²) in [7, 11) is 4.15. The number of hydrogen-bond acceptors (Lipinski definition) is 4. The summed E-state index contributed by atoms with van der Waals surface area (Å²) in [5.41, 5.74) is 3.78. The molecule has 3 unspecified atom stereocenters. The third-order valence-electron chi connectivity index (χ3n) is 10.1. The van der Waals surface area contributed by atoms with Crippen LogP contribution >= 0.6 is 11.6 Å². The third-order valence-corrected chi connectivity index (χ3v) is 10.4. The van der Waals surface area contributed by atoms with Crippen LogP contribution in [0, 0.1) is 23.2 Å². The van der Waals surface area contributed by atoms with Gasteiger partial charge in [-0.3, -0.25) is 4.99 Å². The van der Waals surface area contributed by atoms with Crippen LogP contribution in [0.15, 0.2) is 17.6 Å². The number of aliphatic imine (C=N–C) groups is 1. The van der Waals surface area contributed by atoms with Gasteiger partial charge in [0.05, 0.1) is 5.71 Å². The monoisotopic (exact) mass is 512 g/mol. The summed E-state index contributed by atoms with van der Waals surface area (Å²) in [6, 6.07) is 0.656. The second-order valence-electron chi connectivity index (χ2n) is 11.9. The van der Waals surface area contributed by atoms with E-state index in [0.29, 0.717) is 28.4 Å². The molecule has 200 valence electrons. The molecule has 1 saturated heterocycles. The van der Waals surface area contributed by atoms with Crippen LogP contribution in [0.4, 0.5) is 0 Å². The molecule has 0 radical (unpaired) electrons. The lowest BCUT2D eigenvalue weighted by Crippen LogP contribution is -2.36. The summed E-state index contributed by atoms with van der Waals surface area (Å²) in [4.78, 5) is 17.1. The molecule has 0 amide bonds. The predicted molar refractivity (Wildman–Crippen MR) is 153 cm³/mol. The molecule has 0 aromatic carbocycles. The second kappa shape index (κ2) is 12.5. The van der Waals surface area contributed by atoms with Gasteiger partial charge >= 0.3 is 0 Å². The van der Waals surface area contributed by atoms with Crippen molar-refractivity contribution in [3.63, 3.8) is 0 Å². The summed E-state index contributed by atoms with van der Waals surface area (Å²) in [6.45, 7) is 9.92. The quantitative estimate of drug-likeness (QED) is 0.183. The highest BCUT2D eigenvalue weighted by molar-refractivity contribution is 6.30. The first-order valence-corrected chi connectivity index (χ1v) is 15.2. The van der Waals surface area contributed by atoms with Gasteiger partial charge in [0.15, 0.2) is 5.82 Å². The summed E-state index contributed by atoms with van der Waals surface area (Å²) in [5.74, 6) is 2.60. The van der Waals surface area contributed by atoms with Crippen molar-refractivity contribution in [2.45, 2.75) is 110 Å². The molecule has 0 N–H and O–H groups in total. The number of halogens is 1. The Bertz CT molecular complexity index is 927. The van der Waals surface area contributed by atoms with Gasteiger partial charge in [-0.25, -0.2) is 9.97 Å². The summed E-state index contributed by atoms with van der Waals surface area (Å²) < 4.78 is 0. The number of aryl methyl sites for hydroxylation is 1. The maximum absolute atomic E-state index is 6.75. The van der Waals surface area contributed by atoms with E-state index in [1.807, 2.05) is 7.05 Å². The number of allylic oxidation sites excluding steroid dienone is 1. The summed E-state index contributed by atoms with van der Waals surface area (Å²) in [5, 5.41) is 0.622. The lowest BCUT2D eigenvalue weighted by atomic mass is 9.60. The average Bonchev–Trinajstić information content (AvgIpc) is 3.47. The number of hydrogen-bond donors (Lipinski definition) is 0. The fourth-order valence-electron chi connectivity index (χ4n) is 8.01. The van der Waals surface area contributed by atoms with E-state index in [4.69, 9.17) is 26.6 Å².